The van der Waals surface area contributed by atoms with Gasteiger partial charge in [0.05, 0.1) is 12.2 Å². The molecule has 3 fully saturated rings. The van der Waals surface area contributed by atoms with Crippen molar-refractivity contribution in [2.75, 3.05) is 46.5 Å². The Morgan fingerprint density at radius 3 is 2.47 bits per heavy atom. The number of rotatable bonds is 9. The van der Waals surface area contributed by atoms with Crippen LogP contribution < -0.4 is 5.32 Å². The summed E-state index contributed by atoms with van der Waals surface area (Å²) in [7, 11) is 1.59. The number of nitrogens with one attached hydrogen (secondary N) is 1. The summed E-state index contributed by atoms with van der Waals surface area (Å²) < 4.78 is 15.9. The first-order chi connectivity index (χ1) is 15.6. The fourth-order valence-corrected chi connectivity index (χ4v) is 4.95. The average molecular weight is 449 g/mol. The van der Waals surface area contributed by atoms with Crippen LogP contribution in [0.5, 0.6) is 0 Å². The van der Waals surface area contributed by atoms with Gasteiger partial charge in [-0.1, -0.05) is 5.16 Å². The third-order valence-corrected chi connectivity index (χ3v) is 6.98. The number of aryl methyl sites for hydroxylation is 1. The molecule has 0 aromatic carbocycles. The van der Waals surface area contributed by atoms with Gasteiger partial charge in [0.15, 0.2) is 5.69 Å². The van der Waals surface area contributed by atoms with E-state index in [1.165, 1.54) is 0 Å². The number of likely N-dealkylation sites (tertiary alicyclic amines) is 1. The lowest BCUT2D eigenvalue weighted by Crippen LogP contribution is -2.53. The molecule has 1 saturated carbocycles. The molecule has 9 nitrogen and oxygen atoms in total. The highest BCUT2D eigenvalue weighted by atomic mass is 16.5. The molecule has 0 bridgehead atoms. The lowest BCUT2D eigenvalue weighted by Gasteiger charge is -2.43. The first-order valence-corrected chi connectivity index (χ1v) is 11.9. The monoisotopic (exact) mass is 448 g/mol. The Morgan fingerprint density at radius 1 is 1.12 bits per heavy atom. The van der Waals surface area contributed by atoms with Gasteiger partial charge in [0.25, 0.3) is 5.91 Å². The smallest absolute Gasteiger partial charge is 0.273 e. The van der Waals surface area contributed by atoms with Crippen molar-refractivity contribution in [1.82, 2.24) is 20.3 Å². The van der Waals surface area contributed by atoms with E-state index in [4.69, 9.17) is 14.0 Å². The molecule has 3 heterocycles. The summed E-state index contributed by atoms with van der Waals surface area (Å²) in [5.74, 6) is 1.01. The Balaban J connectivity index is 1.33. The minimum absolute atomic E-state index is 0.231. The van der Waals surface area contributed by atoms with Crippen LogP contribution in [-0.4, -0.2) is 85.4 Å². The van der Waals surface area contributed by atoms with Gasteiger partial charge in [-0.2, -0.15) is 0 Å². The molecule has 1 N–H and O–H groups in total. The van der Waals surface area contributed by atoms with Crippen LogP contribution in [0.15, 0.2) is 4.52 Å². The molecule has 0 radical (unpaired) electrons. The van der Waals surface area contributed by atoms with Gasteiger partial charge in [0, 0.05) is 64.5 Å². The SMILES string of the molecule is COCc1c(C(=O)NCCN(C2CCOCC2)C2CCN(C(=O)C3CC3)CC2)noc1C. The zero-order chi connectivity index (χ0) is 22.5. The molecule has 1 aromatic rings. The third-order valence-electron chi connectivity index (χ3n) is 6.98. The van der Waals surface area contributed by atoms with Crippen molar-refractivity contribution in [2.24, 2.45) is 5.92 Å². The number of piperidine rings is 1. The second kappa shape index (κ2) is 10.8. The predicted octanol–water partition coefficient (Wildman–Crippen LogP) is 1.74. The lowest BCUT2D eigenvalue weighted by atomic mass is 9.97. The van der Waals surface area contributed by atoms with E-state index in [1.54, 1.807) is 14.0 Å². The molecule has 4 rings (SSSR count). The van der Waals surface area contributed by atoms with Crippen molar-refractivity contribution in [1.29, 1.82) is 0 Å². The molecule has 2 aliphatic heterocycles. The third kappa shape index (κ3) is 5.50. The molecular formula is C23H36N4O5. The minimum atomic E-state index is -0.231. The highest BCUT2D eigenvalue weighted by molar-refractivity contribution is 5.93. The van der Waals surface area contributed by atoms with E-state index in [0.29, 0.717) is 48.2 Å². The molecule has 2 saturated heterocycles. The number of carbonyl (C=O) groups excluding carboxylic acids is 2. The Bertz CT molecular complexity index is 779. The molecule has 32 heavy (non-hydrogen) atoms. The van der Waals surface area contributed by atoms with Crippen LogP contribution >= 0.6 is 0 Å². The van der Waals surface area contributed by atoms with Crippen molar-refractivity contribution < 1.29 is 23.6 Å². The zero-order valence-corrected chi connectivity index (χ0v) is 19.3. The maximum atomic E-state index is 12.7. The first-order valence-electron chi connectivity index (χ1n) is 11.9. The molecule has 0 unspecified atom stereocenters. The number of amides is 2. The normalized spacial score (nSPS) is 20.7. The number of hydrogen-bond donors (Lipinski definition) is 1. The molecular weight excluding hydrogens is 412 g/mol. The molecule has 2 amide bonds. The molecule has 3 aliphatic rings. The van der Waals surface area contributed by atoms with Crippen LogP contribution in [0, 0.1) is 12.8 Å². The van der Waals surface area contributed by atoms with Crippen LogP contribution in [0.2, 0.25) is 0 Å². The van der Waals surface area contributed by atoms with Gasteiger partial charge >= 0.3 is 0 Å². The number of ether oxygens (including phenoxy) is 2. The van der Waals surface area contributed by atoms with Crippen molar-refractivity contribution in [2.45, 2.75) is 64.1 Å². The number of nitrogens with zero attached hydrogens (tertiary/aromatic N) is 3. The number of hydrogen-bond acceptors (Lipinski definition) is 7. The quantitative estimate of drug-likeness (QED) is 0.615. The lowest BCUT2D eigenvalue weighted by molar-refractivity contribution is -0.134. The molecule has 1 aromatic heterocycles. The van der Waals surface area contributed by atoms with E-state index in [1.807, 2.05) is 0 Å². The Morgan fingerprint density at radius 2 is 1.81 bits per heavy atom. The van der Waals surface area contributed by atoms with Crippen molar-refractivity contribution in [3.05, 3.63) is 17.0 Å². The van der Waals surface area contributed by atoms with Crippen molar-refractivity contribution >= 4 is 11.8 Å². The molecule has 0 atom stereocenters. The van der Waals surface area contributed by atoms with E-state index in [-0.39, 0.29) is 11.8 Å². The molecule has 9 heteroatoms. The maximum absolute atomic E-state index is 12.7. The second-order valence-corrected chi connectivity index (χ2v) is 9.17. The van der Waals surface area contributed by atoms with Crippen molar-refractivity contribution in [3.63, 3.8) is 0 Å². The summed E-state index contributed by atoms with van der Waals surface area (Å²) in [6.45, 7) is 6.63. The van der Waals surface area contributed by atoms with Crippen molar-refractivity contribution in [3.8, 4) is 0 Å². The Labute approximate surface area is 189 Å². The number of aromatic nitrogens is 1. The summed E-state index contributed by atoms with van der Waals surface area (Å²) in [5, 5.41) is 6.94. The topological polar surface area (TPSA) is 97.1 Å². The summed E-state index contributed by atoms with van der Waals surface area (Å²) in [4.78, 5) is 29.7. The van der Waals surface area contributed by atoms with Gasteiger partial charge in [-0.3, -0.25) is 14.5 Å². The van der Waals surface area contributed by atoms with Gasteiger partial charge in [0.2, 0.25) is 5.91 Å². The minimum Gasteiger partial charge on any atom is -0.381 e. The van der Waals surface area contributed by atoms with Crippen LogP contribution in [0.3, 0.4) is 0 Å². The predicted molar refractivity (Wildman–Crippen MR) is 117 cm³/mol. The second-order valence-electron chi connectivity index (χ2n) is 9.17. The summed E-state index contributed by atoms with van der Waals surface area (Å²) in [5.41, 5.74) is 0.993. The van der Waals surface area contributed by atoms with E-state index < -0.39 is 0 Å². The Kier molecular flexibility index (Phi) is 7.80. The van der Waals surface area contributed by atoms with Gasteiger partial charge in [0.1, 0.15) is 5.76 Å². The summed E-state index contributed by atoms with van der Waals surface area (Å²) in [6.07, 6.45) is 6.12. The largest absolute Gasteiger partial charge is 0.381 e. The molecule has 178 valence electrons. The van der Waals surface area contributed by atoms with Gasteiger partial charge in [-0.05, 0) is 45.4 Å². The van der Waals surface area contributed by atoms with Gasteiger partial charge < -0.3 is 24.2 Å². The van der Waals surface area contributed by atoms with Crippen LogP contribution in [-0.2, 0) is 20.9 Å². The van der Waals surface area contributed by atoms with E-state index in [9.17, 15) is 9.59 Å². The van der Waals surface area contributed by atoms with E-state index >= 15 is 0 Å². The standard InChI is InChI=1S/C23H36N4O5/c1-16-20(15-30-2)21(25-32-16)22(28)24-9-12-27(19-7-13-31-14-8-19)18-5-10-26(11-6-18)23(29)17-3-4-17/h17-19H,3-15H2,1-2H3,(H,24,28). The summed E-state index contributed by atoms with van der Waals surface area (Å²) >= 11 is 0. The van der Waals surface area contributed by atoms with Gasteiger partial charge in [-0.15, -0.1) is 0 Å². The first kappa shape index (κ1) is 23.2. The summed E-state index contributed by atoms with van der Waals surface area (Å²) in [6, 6.07) is 0.881. The Hall–Kier alpha value is -1.97. The zero-order valence-electron chi connectivity index (χ0n) is 19.3. The fourth-order valence-electron chi connectivity index (χ4n) is 4.95. The van der Waals surface area contributed by atoms with Gasteiger partial charge in [-0.25, -0.2) is 0 Å². The maximum Gasteiger partial charge on any atom is 0.273 e. The van der Waals surface area contributed by atoms with E-state index in [2.05, 4.69) is 20.3 Å². The highest BCUT2D eigenvalue weighted by Crippen LogP contribution is 2.32. The van der Waals surface area contributed by atoms with E-state index in [0.717, 1.165) is 71.4 Å². The average Bonchev–Trinajstić information content (AvgIpc) is 3.61. The van der Waals surface area contributed by atoms with Crippen LogP contribution in [0.1, 0.15) is 60.3 Å². The molecule has 1 aliphatic carbocycles. The van der Waals surface area contributed by atoms with Crippen LogP contribution in [0.25, 0.3) is 0 Å². The fraction of sp³-hybridized carbons (Fsp3) is 0.783. The highest BCUT2D eigenvalue weighted by Gasteiger charge is 2.37. The number of methoxy groups -OCH3 is 1. The van der Waals surface area contributed by atoms with Crippen LogP contribution in [0.4, 0.5) is 0 Å². The molecule has 0 spiro atoms. The number of carbonyl (C=O) groups is 2.